The van der Waals surface area contributed by atoms with Gasteiger partial charge in [-0.2, -0.15) is 0 Å². The van der Waals surface area contributed by atoms with E-state index in [0.717, 1.165) is 0 Å². The fourth-order valence-corrected chi connectivity index (χ4v) is 3.27. The maximum atomic E-state index is 13.5. The number of aliphatic hydroxyl groups excluding tert-OH is 1. The Kier molecular flexibility index (Phi) is 4.99. The number of rotatable bonds is 4. The van der Waals surface area contributed by atoms with E-state index in [9.17, 15) is 18.7 Å². The van der Waals surface area contributed by atoms with Gasteiger partial charge < -0.3 is 14.7 Å². The first kappa shape index (κ1) is 17.4. The summed E-state index contributed by atoms with van der Waals surface area (Å²) in [7, 11) is 1.45. The minimum Gasteiger partial charge on any atom is -0.496 e. The quantitative estimate of drug-likeness (QED) is 0.925. The van der Waals surface area contributed by atoms with Gasteiger partial charge in [0.05, 0.1) is 25.7 Å². The molecule has 25 heavy (non-hydrogen) atoms. The van der Waals surface area contributed by atoms with Gasteiger partial charge in [-0.15, -0.1) is 0 Å². The molecule has 0 radical (unpaired) electrons. The lowest BCUT2D eigenvalue weighted by Gasteiger charge is -2.25. The molecule has 0 saturated carbocycles. The highest BCUT2D eigenvalue weighted by Crippen LogP contribution is 2.33. The van der Waals surface area contributed by atoms with Gasteiger partial charge in [0, 0.05) is 12.1 Å². The molecule has 2 aromatic carbocycles. The van der Waals surface area contributed by atoms with Crippen molar-refractivity contribution >= 4 is 5.91 Å². The standard InChI is InChI=1S/C19H19F2NO3/c1-25-18-6-5-15(21)8-13(18)9-19(24)22-11-16(23)10-17(22)12-3-2-4-14(20)7-12/h2-8,16-17,23H,9-11H2,1H3/t16-,17+/m1/s1. The molecule has 1 aliphatic heterocycles. The first-order chi connectivity index (χ1) is 12.0. The Morgan fingerprint density at radius 1 is 1.24 bits per heavy atom. The van der Waals surface area contributed by atoms with Crippen LogP contribution < -0.4 is 4.74 Å². The Morgan fingerprint density at radius 3 is 2.72 bits per heavy atom. The van der Waals surface area contributed by atoms with Gasteiger partial charge in [-0.05, 0) is 42.3 Å². The zero-order valence-electron chi connectivity index (χ0n) is 13.8. The molecule has 2 aromatic rings. The zero-order valence-corrected chi connectivity index (χ0v) is 13.8. The fraction of sp³-hybridized carbons (Fsp3) is 0.316. The molecule has 1 aliphatic rings. The molecule has 1 fully saturated rings. The molecular formula is C19H19F2NO3. The number of carbonyl (C=O) groups is 1. The third-order valence-corrected chi connectivity index (χ3v) is 4.42. The predicted octanol–water partition coefficient (Wildman–Crippen LogP) is 2.85. The summed E-state index contributed by atoms with van der Waals surface area (Å²) in [6, 6.07) is 9.61. The summed E-state index contributed by atoms with van der Waals surface area (Å²) in [5, 5.41) is 9.99. The summed E-state index contributed by atoms with van der Waals surface area (Å²) < 4.78 is 32.2. The van der Waals surface area contributed by atoms with Crippen molar-refractivity contribution in [3.63, 3.8) is 0 Å². The van der Waals surface area contributed by atoms with Gasteiger partial charge in [0.2, 0.25) is 5.91 Å². The SMILES string of the molecule is COc1ccc(F)cc1CC(=O)N1C[C@H](O)C[C@H]1c1cccc(F)c1. The average Bonchev–Trinajstić information content (AvgIpc) is 2.97. The molecule has 6 heteroatoms. The first-order valence-electron chi connectivity index (χ1n) is 8.03. The lowest BCUT2D eigenvalue weighted by molar-refractivity contribution is -0.131. The van der Waals surface area contributed by atoms with Crippen molar-refractivity contribution in [2.45, 2.75) is 25.0 Å². The Bertz CT molecular complexity index is 781. The molecule has 0 unspecified atom stereocenters. The Balaban J connectivity index is 1.84. The summed E-state index contributed by atoms with van der Waals surface area (Å²) in [5.74, 6) is -0.684. The van der Waals surface area contributed by atoms with Crippen molar-refractivity contribution in [1.29, 1.82) is 0 Å². The van der Waals surface area contributed by atoms with Gasteiger partial charge in [0.1, 0.15) is 17.4 Å². The molecule has 132 valence electrons. The van der Waals surface area contributed by atoms with E-state index in [1.807, 2.05) is 0 Å². The number of hydrogen-bond donors (Lipinski definition) is 1. The highest BCUT2D eigenvalue weighted by atomic mass is 19.1. The monoisotopic (exact) mass is 347 g/mol. The predicted molar refractivity (Wildman–Crippen MR) is 88.1 cm³/mol. The number of hydrogen-bond acceptors (Lipinski definition) is 3. The molecule has 0 bridgehead atoms. The number of methoxy groups -OCH3 is 1. The topological polar surface area (TPSA) is 49.8 Å². The van der Waals surface area contributed by atoms with Crippen LogP contribution in [-0.2, 0) is 11.2 Å². The van der Waals surface area contributed by atoms with Crippen LogP contribution in [0, 0.1) is 11.6 Å². The lowest BCUT2D eigenvalue weighted by Crippen LogP contribution is -2.33. The second-order valence-corrected chi connectivity index (χ2v) is 6.14. The molecule has 0 aliphatic carbocycles. The Morgan fingerprint density at radius 2 is 2.00 bits per heavy atom. The molecule has 1 saturated heterocycles. The number of nitrogens with zero attached hydrogens (tertiary/aromatic N) is 1. The van der Waals surface area contributed by atoms with Gasteiger partial charge in [0.25, 0.3) is 0 Å². The highest BCUT2D eigenvalue weighted by molar-refractivity contribution is 5.80. The largest absolute Gasteiger partial charge is 0.496 e. The summed E-state index contributed by atoms with van der Waals surface area (Å²) in [5.41, 5.74) is 1.07. The van der Waals surface area contributed by atoms with Crippen LogP contribution >= 0.6 is 0 Å². The number of halogens is 2. The van der Waals surface area contributed by atoms with Crippen LogP contribution in [0.25, 0.3) is 0 Å². The van der Waals surface area contributed by atoms with Crippen LogP contribution in [-0.4, -0.2) is 35.7 Å². The molecular weight excluding hydrogens is 328 g/mol. The number of likely N-dealkylation sites (tertiary alicyclic amines) is 1. The van der Waals surface area contributed by atoms with Gasteiger partial charge >= 0.3 is 0 Å². The second kappa shape index (κ2) is 7.19. The summed E-state index contributed by atoms with van der Waals surface area (Å²) in [6.07, 6.45) is -0.388. The van der Waals surface area contributed by atoms with Gasteiger partial charge in [-0.3, -0.25) is 4.79 Å². The van der Waals surface area contributed by atoms with Crippen molar-refractivity contribution in [3.8, 4) is 5.75 Å². The maximum Gasteiger partial charge on any atom is 0.227 e. The van der Waals surface area contributed by atoms with E-state index in [-0.39, 0.29) is 18.9 Å². The van der Waals surface area contributed by atoms with E-state index in [1.165, 1.54) is 42.3 Å². The Hall–Kier alpha value is -2.47. The molecule has 2 atom stereocenters. The first-order valence-corrected chi connectivity index (χ1v) is 8.03. The number of benzene rings is 2. The van der Waals surface area contributed by atoms with Gasteiger partial charge in [-0.25, -0.2) is 8.78 Å². The molecule has 1 N–H and O–H groups in total. The molecule has 0 aromatic heterocycles. The molecule has 1 heterocycles. The Labute approximate surface area is 144 Å². The normalized spacial score (nSPS) is 19.9. The lowest BCUT2D eigenvalue weighted by atomic mass is 10.0. The van der Waals surface area contributed by atoms with E-state index in [2.05, 4.69) is 0 Å². The highest BCUT2D eigenvalue weighted by Gasteiger charge is 2.35. The molecule has 1 amide bonds. The average molecular weight is 347 g/mol. The van der Waals surface area contributed by atoms with Crippen LogP contribution in [0.1, 0.15) is 23.6 Å². The van der Waals surface area contributed by atoms with Gasteiger partial charge in [0.15, 0.2) is 0 Å². The minimum absolute atomic E-state index is 0.0561. The van der Waals surface area contributed by atoms with Crippen LogP contribution in [0.5, 0.6) is 5.75 Å². The zero-order chi connectivity index (χ0) is 18.0. The van der Waals surface area contributed by atoms with Crippen molar-refractivity contribution in [3.05, 3.63) is 65.2 Å². The summed E-state index contributed by atoms with van der Waals surface area (Å²) in [4.78, 5) is 14.3. The third kappa shape index (κ3) is 3.79. The van der Waals surface area contributed by atoms with Gasteiger partial charge in [-0.1, -0.05) is 12.1 Å². The van der Waals surface area contributed by atoms with Crippen molar-refractivity contribution < 1.29 is 23.4 Å². The van der Waals surface area contributed by atoms with E-state index >= 15 is 0 Å². The molecule has 4 nitrogen and oxygen atoms in total. The van der Waals surface area contributed by atoms with Crippen LogP contribution in [0.4, 0.5) is 8.78 Å². The van der Waals surface area contributed by atoms with Crippen LogP contribution in [0.15, 0.2) is 42.5 Å². The van der Waals surface area contributed by atoms with E-state index in [4.69, 9.17) is 4.74 Å². The second-order valence-electron chi connectivity index (χ2n) is 6.14. The van der Waals surface area contributed by atoms with E-state index in [1.54, 1.807) is 12.1 Å². The third-order valence-electron chi connectivity index (χ3n) is 4.42. The van der Waals surface area contributed by atoms with Crippen molar-refractivity contribution in [2.75, 3.05) is 13.7 Å². The number of carbonyl (C=O) groups excluding carboxylic acids is 1. The number of aliphatic hydroxyl groups is 1. The van der Waals surface area contributed by atoms with Crippen LogP contribution in [0.2, 0.25) is 0 Å². The van der Waals surface area contributed by atoms with E-state index < -0.39 is 23.8 Å². The smallest absolute Gasteiger partial charge is 0.227 e. The molecule has 3 rings (SSSR count). The summed E-state index contributed by atoms with van der Waals surface area (Å²) >= 11 is 0. The van der Waals surface area contributed by atoms with Crippen molar-refractivity contribution in [2.24, 2.45) is 0 Å². The fourth-order valence-electron chi connectivity index (χ4n) is 3.27. The summed E-state index contributed by atoms with van der Waals surface area (Å²) in [6.45, 7) is 0.164. The molecule has 0 spiro atoms. The van der Waals surface area contributed by atoms with Crippen molar-refractivity contribution in [1.82, 2.24) is 4.90 Å². The maximum absolute atomic E-state index is 13.5. The number of β-amino-alcohol motifs (C(OH)–C–C–N with tert-alkyl or cyclic N) is 1. The van der Waals surface area contributed by atoms with Crippen LogP contribution in [0.3, 0.4) is 0 Å². The number of amides is 1. The number of ether oxygens (including phenoxy) is 1. The van der Waals surface area contributed by atoms with E-state index in [0.29, 0.717) is 23.3 Å². The minimum atomic E-state index is -0.674.